The number of hydrogen-bond donors (Lipinski definition) is 2. The van der Waals surface area contributed by atoms with Crippen LogP contribution in [-0.4, -0.2) is 22.8 Å². The molecule has 2 atom stereocenters. The molecule has 106 valence electrons. The van der Waals surface area contributed by atoms with Gasteiger partial charge in [-0.05, 0) is 24.1 Å². The molecule has 0 saturated carbocycles. The number of anilines is 1. The summed E-state index contributed by atoms with van der Waals surface area (Å²) in [5.41, 5.74) is 7.61. The maximum absolute atomic E-state index is 10.5. The number of aliphatic hydroxyl groups is 1. The van der Waals surface area contributed by atoms with Crippen molar-refractivity contribution in [3.05, 3.63) is 59.8 Å². The molecule has 1 heterocycles. The van der Waals surface area contributed by atoms with Gasteiger partial charge in [0.05, 0.1) is 6.10 Å². The van der Waals surface area contributed by atoms with E-state index >= 15 is 0 Å². The van der Waals surface area contributed by atoms with E-state index in [0.29, 0.717) is 18.8 Å². The van der Waals surface area contributed by atoms with Crippen molar-refractivity contribution in [2.75, 3.05) is 12.3 Å². The van der Waals surface area contributed by atoms with Gasteiger partial charge in [-0.25, -0.2) is 4.98 Å². The fraction of sp³-hybridized carbons (Fsp3) is 0.312. The lowest BCUT2D eigenvalue weighted by Gasteiger charge is -2.23. The molecule has 4 heteroatoms. The zero-order valence-corrected chi connectivity index (χ0v) is 11.6. The van der Waals surface area contributed by atoms with E-state index in [9.17, 15) is 5.11 Å². The Hall–Kier alpha value is -1.91. The van der Waals surface area contributed by atoms with Crippen LogP contribution < -0.4 is 5.73 Å². The largest absolute Gasteiger partial charge is 0.390 e. The molecule has 2 unspecified atom stereocenters. The summed E-state index contributed by atoms with van der Waals surface area (Å²) >= 11 is 0. The Kier molecular flexibility index (Phi) is 5.09. The number of pyridine rings is 1. The van der Waals surface area contributed by atoms with E-state index in [-0.39, 0.29) is 6.10 Å². The van der Waals surface area contributed by atoms with E-state index in [0.717, 1.165) is 11.1 Å². The Bertz CT molecular complexity index is 531. The SMILES string of the molecule is CCOC(c1ccccc1)C(O)Cc1cccnc1N. The highest BCUT2D eigenvalue weighted by Gasteiger charge is 2.22. The first kappa shape index (κ1) is 14.5. The van der Waals surface area contributed by atoms with Gasteiger partial charge in [-0.3, -0.25) is 0 Å². The molecule has 0 fully saturated rings. The number of ether oxygens (including phenoxy) is 1. The molecular formula is C16H20N2O2. The summed E-state index contributed by atoms with van der Waals surface area (Å²) in [7, 11) is 0. The van der Waals surface area contributed by atoms with E-state index in [1.807, 2.05) is 49.4 Å². The second kappa shape index (κ2) is 7.03. The first-order valence-electron chi connectivity index (χ1n) is 6.76. The standard InChI is InChI=1S/C16H20N2O2/c1-2-20-15(12-7-4-3-5-8-12)14(19)11-13-9-6-10-18-16(13)17/h3-10,14-15,19H,2,11H2,1H3,(H2,17,18). The van der Waals surface area contributed by atoms with E-state index in [4.69, 9.17) is 10.5 Å². The smallest absolute Gasteiger partial charge is 0.126 e. The topological polar surface area (TPSA) is 68.4 Å². The number of hydrogen-bond acceptors (Lipinski definition) is 4. The van der Waals surface area contributed by atoms with Crippen molar-refractivity contribution < 1.29 is 9.84 Å². The van der Waals surface area contributed by atoms with Crippen molar-refractivity contribution in [2.24, 2.45) is 0 Å². The van der Waals surface area contributed by atoms with Gasteiger partial charge in [-0.2, -0.15) is 0 Å². The van der Waals surface area contributed by atoms with Crippen molar-refractivity contribution in [1.29, 1.82) is 0 Å². The third kappa shape index (κ3) is 3.56. The van der Waals surface area contributed by atoms with Gasteiger partial charge in [0.15, 0.2) is 0 Å². The van der Waals surface area contributed by atoms with Gasteiger partial charge in [0.25, 0.3) is 0 Å². The normalized spacial score (nSPS) is 13.9. The quantitative estimate of drug-likeness (QED) is 0.847. The van der Waals surface area contributed by atoms with E-state index in [1.54, 1.807) is 6.20 Å². The van der Waals surface area contributed by atoms with Gasteiger partial charge >= 0.3 is 0 Å². The van der Waals surface area contributed by atoms with Crippen LogP contribution in [0.2, 0.25) is 0 Å². The molecule has 1 aromatic heterocycles. The highest BCUT2D eigenvalue weighted by atomic mass is 16.5. The molecule has 0 radical (unpaired) electrons. The average Bonchev–Trinajstić information content (AvgIpc) is 2.48. The first-order valence-corrected chi connectivity index (χ1v) is 6.76. The molecule has 1 aromatic carbocycles. The van der Waals surface area contributed by atoms with Crippen LogP contribution in [0.25, 0.3) is 0 Å². The fourth-order valence-electron chi connectivity index (χ4n) is 2.21. The predicted molar refractivity (Wildman–Crippen MR) is 79.2 cm³/mol. The number of rotatable bonds is 6. The van der Waals surface area contributed by atoms with Crippen LogP contribution in [-0.2, 0) is 11.2 Å². The maximum atomic E-state index is 10.5. The van der Waals surface area contributed by atoms with Crippen molar-refractivity contribution >= 4 is 5.82 Å². The number of benzene rings is 1. The van der Waals surface area contributed by atoms with Gasteiger partial charge in [0.1, 0.15) is 11.9 Å². The van der Waals surface area contributed by atoms with Gasteiger partial charge in [0.2, 0.25) is 0 Å². The lowest BCUT2D eigenvalue weighted by atomic mass is 9.98. The maximum Gasteiger partial charge on any atom is 0.126 e. The Morgan fingerprint density at radius 1 is 1.20 bits per heavy atom. The van der Waals surface area contributed by atoms with Gasteiger partial charge in [0, 0.05) is 19.2 Å². The van der Waals surface area contributed by atoms with Gasteiger partial charge < -0.3 is 15.6 Å². The third-order valence-electron chi connectivity index (χ3n) is 3.18. The van der Waals surface area contributed by atoms with Gasteiger partial charge in [-0.15, -0.1) is 0 Å². The van der Waals surface area contributed by atoms with Crippen molar-refractivity contribution in [3.8, 4) is 0 Å². The number of nitrogens with zero attached hydrogens (tertiary/aromatic N) is 1. The summed E-state index contributed by atoms with van der Waals surface area (Å²) in [6, 6.07) is 13.4. The van der Waals surface area contributed by atoms with Crippen LogP contribution >= 0.6 is 0 Å². The summed E-state index contributed by atoms with van der Waals surface area (Å²) in [6.07, 6.45) is 1.03. The van der Waals surface area contributed by atoms with Crippen molar-refractivity contribution in [1.82, 2.24) is 4.98 Å². The van der Waals surface area contributed by atoms with Crippen LogP contribution in [0.15, 0.2) is 48.7 Å². The first-order chi connectivity index (χ1) is 9.72. The highest BCUT2D eigenvalue weighted by Crippen LogP contribution is 2.24. The van der Waals surface area contributed by atoms with Gasteiger partial charge in [-0.1, -0.05) is 36.4 Å². The molecule has 0 spiro atoms. The molecule has 3 N–H and O–H groups in total. The van der Waals surface area contributed by atoms with Crippen LogP contribution in [0.4, 0.5) is 5.82 Å². The van der Waals surface area contributed by atoms with Crippen LogP contribution in [0, 0.1) is 0 Å². The van der Waals surface area contributed by atoms with E-state index < -0.39 is 6.10 Å². The fourth-order valence-corrected chi connectivity index (χ4v) is 2.21. The minimum atomic E-state index is -0.663. The summed E-state index contributed by atoms with van der Waals surface area (Å²) < 4.78 is 5.69. The molecule has 0 saturated heterocycles. The lowest BCUT2D eigenvalue weighted by Crippen LogP contribution is -2.24. The van der Waals surface area contributed by atoms with Crippen molar-refractivity contribution in [2.45, 2.75) is 25.6 Å². The van der Waals surface area contributed by atoms with E-state index in [2.05, 4.69) is 4.98 Å². The molecule has 0 aliphatic heterocycles. The lowest BCUT2D eigenvalue weighted by molar-refractivity contribution is -0.0339. The highest BCUT2D eigenvalue weighted by molar-refractivity contribution is 5.39. The molecule has 0 aliphatic rings. The summed E-state index contributed by atoms with van der Waals surface area (Å²) in [5, 5.41) is 10.5. The predicted octanol–water partition coefficient (Wildman–Crippen LogP) is 2.35. The molecule has 0 bridgehead atoms. The molecule has 4 nitrogen and oxygen atoms in total. The zero-order chi connectivity index (χ0) is 14.4. The number of nitrogen functional groups attached to an aromatic ring is 1. The summed E-state index contributed by atoms with van der Waals surface area (Å²) in [6.45, 7) is 2.46. The third-order valence-corrected chi connectivity index (χ3v) is 3.18. The number of aromatic nitrogens is 1. The van der Waals surface area contributed by atoms with Crippen molar-refractivity contribution in [3.63, 3.8) is 0 Å². The summed E-state index contributed by atoms with van der Waals surface area (Å²) in [5.74, 6) is 0.454. The molecule has 0 aliphatic carbocycles. The monoisotopic (exact) mass is 272 g/mol. The Labute approximate surface area is 119 Å². The van der Waals surface area contributed by atoms with Crippen LogP contribution in [0.3, 0.4) is 0 Å². The zero-order valence-electron chi connectivity index (χ0n) is 11.6. The van der Waals surface area contributed by atoms with Crippen LogP contribution in [0.5, 0.6) is 0 Å². The summed E-state index contributed by atoms with van der Waals surface area (Å²) in [4.78, 5) is 4.04. The Morgan fingerprint density at radius 3 is 2.60 bits per heavy atom. The Balaban J connectivity index is 2.16. The average molecular weight is 272 g/mol. The molecule has 0 amide bonds. The second-order valence-corrected chi connectivity index (χ2v) is 4.61. The minimum absolute atomic E-state index is 0.360. The molecule has 2 aromatic rings. The van der Waals surface area contributed by atoms with E-state index in [1.165, 1.54) is 0 Å². The number of aliphatic hydroxyl groups excluding tert-OH is 1. The number of nitrogens with two attached hydrogens (primary N) is 1. The molecule has 2 rings (SSSR count). The molecule has 20 heavy (non-hydrogen) atoms. The van der Waals surface area contributed by atoms with Crippen LogP contribution in [0.1, 0.15) is 24.2 Å². The Morgan fingerprint density at radius 2 is 1.95 bits per heavy atom. The second-order valence-electron chi connectivity index (χ2n) is 4.61. The minimum Gasteiger partial charge on any atom is -0.390 e. The molecular weight excluding hydrogens is 252 g/mol.